The standard InChI is InChI=1S/C22H21FN4O3/c23-15-5-1-2-6-16(15)26-21(29)13-27-19-8-4-3-7-17(19)25-18(22(27)30)11-12-20(28)24-14-9-10-14/h1-8,14H,9-13H2,(H,24,28)(H,26,29). The van der Waals surface area contributed by atoms with Crippen LogP contribution in [0.15, 0.2) is 53.3 Å². The summed E-state index contributed by atoms with van der Waals surface area (Å²) in [6.07, 6.45) is 2.31. The molecule has 0 saturated heterocycles. The second-order valence-corrected chi connectivity index (χ2v) is 7.31. The van der Waals surface area contributed by atoms with E-state index < -0.39 is 17.3 Å². The molecule has 0 bridgehead atoms. The molecule has 2 amide bonds. The molecule has 0 spiro atoms. The fourth-order valence-electron chi connectivity index (χ4n) is 3.22. The monoisotopic (exact) mass is 408 g/mol. The lowest BCUT2D eigenvalue weighted by atomic mass is 10.2. The average molecular weight is 408 g/mol. The minimum absolute atomic E-state index is 0.0471. The van der Waals surface area contributed by atoms with E-state index in [2.05, 4.69) is 15.6 Å². The second-order valence-electron chi connectivity index (χ2n) is 7.31. The Labute approximate surface area is 171 Å². The number of nitrogens with one attached hydrogen (secondary N) is 2. The Balaban J connectivity index is 1.58. The van der Waals surface area contributed by atoms with E-state index in [0.29, 0.717) is 11.0 Å². The number of halogens is 1. The quantitative estimate of drug-likeness (QED) is 0.628. The van der Waals surface area contributed by atoms with Gasteiger partial charge < -0.3 is 10.6 Å². The molecular weight excluding hydrogens is 387 g/mol. The van der Waals surface area contributed by atoms with E-state index in [1.54, 1.807) is 30.3 Å². The molecule has 1 aromatic heterocycles. The van der Waals surface area contributed by atoms with Crippen molar-refractivity contribution in [3.05, 3.63) is 70.4 Å². The first-order valence-corrected chi connectivity index (χ1v) is 9.83. The van der Waals surface area contributed by atoms with Gasteiger partial charge in [-0.1, -0.05) is 24.3 Å². The lowest BCUT2D eigenvalue weighted by molar-refractivity contribution is -0.121. The number of aromatic nitrogens is 2. The number of para-hydroxylation sites is 3. The summed E-state index contributed by atoms with van der Waals surface area (Å²) in [6.45, 7) is -0.294. The number of fused-ring (bicyclic) bond motifs is 1. The number of hydrogen-bond acceptors (Lipinski definition) is 4. The number of anilines is 1. The molecule has 7 nitrogen and oxygen atoms in total. The minimum atomic E-state index is -0.555. The SMILES string of the molecule is O=C(Cn1c(=O)c(CCC(=O)NC2CC2)nc2ccccc21)Nc1ccccc1F. The van der Waals surface area contributed by atoms with Gasteiger partial charge in [0.05, 0.1) is 16.7 Å². The van der Waals surface area contributed by atoms with Crippen molar-refractivity contribution in [2.45, 2.75) is 38.3 Å². The van der Waals surface area contributed by atoms with Crippen LogP contribution >= 0.6 is 0 Å². The fraction of sp³-hybridized carbons (Fsp3) is 0.273. The summed E-state index contributed by atoms with van der Waals surface area (Å²) in [6, 6.07) is 13.1. The number of rotatable bonds is 7. The number of hydrogen-bond donors (Lipinski definition) is 2. The molecule has 154 valence electrons. The van der Waals surface area contributed by atoms with E-state index in [9.17, 15) is 18.8 Å². The molecule has 1 fully saturated rings. The first kappa shape index (κ1) is 19.8. The van der Waals surface area contributed by atoms with Crippen LogP contribution in [0.4, 0.5) is 10.1 Å². The zero-order valence-corrected chi connectivity index (χ0v) is 16.2. The van der Waals surface area contributed by atoms with Gasteiger partial charge in [-0.05, 0) is 37.1 Å². The van der Waals surface area contributed by atoms with E-state index in [4.69, 9.17) is 0 Å². The highest BCUT2D eigenvalue weighted by molar-refractivity contribution is 5.91. The molecule has 0 unspecified atom stereocenters. The molecule has 1 aliphatic rings. The zero-order chi connectivity index (χ0) is 21.1. The van der Waals surface area contributed by atoms with Crippen LogP contribution in [0, 0.1) is 5.82 Å². The molecule has 4 rings (SSSR count). The highest BCUT2D eigenvalue weighted by Crippen LogP contribution is 2.19. The van der Waals surface area contributed by atoms with E-state index in [0.717, 1.165) is 12.8 Å². The molecule has 1 heterocycles. The van der Waals surface area contributed by atoms with E-state index in [1.807, 2.05) is 0 Å². The molecule has 2 aromatic carbocycles. The van der Waals surface area contributed by atoms with E-state index >= 15 is 0 Å². The van der Waals surface area contributed by atoms with Crippen molar-refractivity contribution >= 4 is 28.5 Å². The maximum atomic E-state index is 13.8. The molecule has 3 aromatic rings. The smallest absolute Gasteiger partial charge is 0.273 e. The van der Waals surface area contributed by atoms with Crippen molar-refractivity contribution in [3.63, 3.8) is 0 Å². The van der Waals surface area contributed by atoms with Crippen molar-refractivity contribution in [1.82, 2.24) is 14.9 Å². The second kappa shape index (κ2) is 8.44. The van der Waals surface area contributed by atoms with Gasteiger partial charge in [-0.2, -0.15) is 0 Å². The van der Waals surface area contributed by atoms with Gasteiger partial charge in [0.15, 0.2) is 0 Å². The number of carbonyl (C=O) groups excluding carboxylic acids is 2. The van der Waals surface area contributed by atoms with Gasteiger partial charge in [0.25, 0.3) is 5.56 Å². The van der Waals surface area contributed by atoms with Gasteiger partial charge in [-0.15, -0.1) is 0 Å². The predicted molar refractivity (Wildman–Crippen MR) is 111 cm³/mol. The molecule has 0 aliphatic heterocycles. The molecule has 0 atom stereocenters. The molecule has 1 aliphatic carbocycles. The van der Waals surface area contributed by atoms with Crippen LogP contribution < -0.4 is 16.2 Å². The minimum Gasteiger partial charge on any atom is -0.353 e. The van der Waals surface area contributed by atoms with Gasteiger partial charge in [-0.3, -0.25) is 19.0 Å². The summed E-state index contributed by atoms with van der Waals surface area (Å²) in [7, 11) is 0. The lowest BCUT2D eigenvalue weighted by Gasteiger charge is -2.13. The van der Waals surface area contributed by atoms with Crippen molar-refractivity contribution in [1.29, 1.82) is 0 Å². The summed E-state index contributed by atoms with van der Waals surface area (Å²) in [5, 5.41) is 5.38. The summed E-state index contributed by atoms with van der Waals surface area (Å²) >= 11 is 0. The van der Waals surface area contributed by atoms with E-state index in [1.165, 1.54) is 22.8 Å². The molecule has 0 radical (unpaired) electrons. The topological polar surface area (TPSA) is 93.1 Å². The lowest BCUT2D eigenvalue weighted by Crippen LogP contribution is -2.32. The molecule has 8 heteroatoms. The normalized spacial score (nSPS) is 13.2. The third-order valence-corrected chi connectivity index (χ3v) is 4.90. The predicted octanol–water partition coefficient (Wildman–Crippen LogP) is 2.39. The van der Waals surface area contributed by atoms with Gasteiger partial charge in [0.1, 0.15) is 18.1 Å². The average Bonchev–Trinajstić information content (AvgIpc) is 3.54. The number of amides is 2. The van der Waals surface area contributed by atoms with Crippen molar-refractivity contribution < 1.29 is 14.0 Å². The largest absolute Gasteiger partial charge is 0.353 e. The van der Waals surface area contributed by atoms with Crippen molar-refractivity contribution in [2.75, 3.05) is 5.32 Å². The maximum Gasteiger partial charge on any atom is 0.273 e. The van der Waals surface area contributed by atoms with Crippen LogP contribution in [0.3, 0.4) is 0 Å². The third-order valence-electron chi connectivity index (χ3n) is 4.90. The van der Waals surface area contributed by atoms with Gasteiger partial charge in [0.2, 0.25) is 11.8 Å². The summed E-state index contributed by atoms with van der Waals surface area (Å²) in [5.74, 6) is -1.20. The van der Waals surface area contributed by atoms with Crippen molar-refractivity contribution in [2.24, 2.45) is 0 Å². The van der Waals surface area contributed by atoms with Crippen LogP contribution in [0.2, 0.25) is 0 Å². The van der Waals surface area contributed by atoms with Gasteiger partial charge in [0, 0.05) is 18.9 Å². The highest BCUT2D eigenvalue weighted by atomic mass is 19.1. The molecule has 30 heavy (non-hydrogen) atoms. The highest BCUT2D eigenvalue weighted by Gasteiger charge is 2.23. The Morgan fingerprint density at radius 1 is 1.07 bits per heavy atom. The zero-order valence-electron chi connectivity index (χ0n) is 16.2. The molecular formula is C22H21FN4O3. The third kappa shape index (κ3) is 4.53. The number of carbonyl (C=O) groups is 2. The van der Waals surface area contributed by atoms with Crippen LogP contribution in [0.1, 0.15) is 25.0 Å². The van der Waals surface area contributed by atoms with Crippen molar-refractivity contribution in [3.8, 4) is 0 Å². The summed E-state index contributed by atoms with van der Waals surface area (Å²) in [5.41, 5.74) is 0.881. The number of benzene rings is 2. The van der Waals surface area contributed by atoms with E-state index in [-0.39, 0.29) is 42.7 Å². The van der Waals surface area contributed by atoms with Crippen LogP contribution in [-0.4, -0.2) is 27.4 Å². The molecule has 1 saturated carbocycles. The molecule has 2 N–H and O–H groups in total. The maximum absolute atomic E-state index is 13.8. The fourth-order valence-corrected chi connectivity index (χ4v) is 3.22. The summed E-state index contributed by atoms with van der Waals surface area (Å²) in [4.78, 5) is 41.9. The van der Waals surface area contributed by atoms with Crippen LogP contribution in [-0.2, 0) is 22.6 Å². The first-order valence-electron chi connectivity index (χ1n) is 9.83. The number of nitrogens with zero attached hydrogens (tertiary/aromatic N) is 2. The summed E-state index contributed by atoms with van der Waals surface area (Å²) < 4.78 is 15.1. The van der Waals surface area contributed by atoms with Crippen LogP contribution in [0.5, 0.6) is 0 Å². The number of aryl methyl sites for hydroxylation is 1. The Bertz CT molecular complexity index is 1170. The van der Waals surface area contributed by atoms with Gasteiger partial charge in [-0.25, -0.2) is 9.37 Å². The first-order chi connectivity index (χ1) is 14.5. The van der Waals surface area contributed by atoms with Crippen LogP contribution in [0.25, 0.3) is 11.0 Å². The Morgan fingerprint density at radius 2 is 1.80 bits per heavy atom. The Kier molecular flexibility index (Phi) is 5.56. The Hall–Kier alpha value is -3.55. The van der Waals surface area contributed by atoms with Gasteiger partial charge >= 0.3 is 0 Å². The Morgan fingerprint density at radius 3 is 2.57 bits per heavy atom.